The molecule has 5 unspecified atom stereocenters. The average Bonchev–Trinajstić information content (AvgIpc) is 3.61. The first-order valence-corrected chi connectivity index (χ1v) is 14.9. The van der Waals surface area contributed by atoms with Gasteiger partial charge < -0.3 is 36.8 Å². The molecule has 0 aliphatic carbocycles. The molecule has 0 aliphatic heterocycles. The zero-order valence-electron chi connectivity index (χ0n) is 24.1. The maximum atomic E-state index is 13.6. The van der Waals surface area contributed by atoms with Crippen LogP contribution in [0.2, 0.25) is 0 Å². The molecule has 0 spiro atoms. The molecular weight excluding hydrogens is 568 g/mol. The van der Waals surface area contributed by atoms with E-state index in [-0.39, 0.29) is 24.5 Å². The largest absolute Gasteiger partial charge is 0.480 e. The summed E-state index contributed by atoms with van der Waals surface area (Å²) in [5.41, 5.74) is 9.78. The Hall–Kier alpha value is -4.29. The van der Waals surface area contributed by atoms with Crippen LogP contribution in [-0.4, -0.2) is 68.7 Å². The molecule has 0 bridgehead atoms. The molecule has 4 aromatic rings. The van der Waals surface area contributed by atoms with E-state index in [0.717, 1.165) is 32.9 Å². The van der Waals surface area contributed by atoms with Crippen LogP contribution in [0.15, 0.2) is 60.9 Å². The molecule has 0 saturated heterocycles. The van der Waals surface area contributed by atoms with Gasteiger partial charge in [0.15, 0.2) is 0 Å². The Kier molecular flexibility index (Phi) is 10.5. The third-order valence-electron chi connectivity index (χ3n) is 7.78. The molecule has 5 atom stereocenters. The minimum Gasteiger partial charge on any atom is -0.480 e. The summed E-state index contributed by atoms with van der Waals surface area (Å²) in [5.74, 6) is -3.41. The smallest absolute Gasteiger partial charge is 0.326 e. The van der Waals surface area contributed by atoms with Gasteiger partial charge in [-0.2, -0.15) is 12.6 Å². The summed E-state index contributed by atoms with van der Waals surface area (Å²) in [6.07, 6.45) is 4.48. The first-order valence-electron chi connectivity index (χ1n) is 14.2. The van der Waals surface area contributed by atoms with Gasteiger partial charge in [-0.05, 0) is 35.6 Å². The molecular formula is C31H38N6O5S. The molecule has 3 amide bonds. The Morgan fingerprint density at radius 1 is 0.814 bits per heavy atom. The zero-order valence-corrected chi connectivity index (χ0v) is 25.0. The molecule has 11 nitrogen and oxygen atoms in total. The van der Waals surface area contributed by atoms with Crippen LogP contribution in [0.4, 0.5) is 0 Å². The van der Waals surface area contributed by atoms with Gasteiger partial charge in [0.2, 0.25) is 17.7 Å². The molecule has 12 heteroatoms. The van der Waals surface area contributed by atoms with Crippen LogP contribution in [0.5, 0.6) is 0 Å². The quantitative estimate of drug-likeness (QED) is 0.102. The highest BCUT2D eigenvalue weighted by Gasteiger charge is 2.32. The Morgan fingerprint density at radius 2 is 1.33 bits per heavy atom. The first-order chi connectivity index (χ1) is 20.6. The standard InChI is InChI=1S/C31H38N6O5S/c1-3-17(2)27(31(41)42)37-30(40)26(16-43)36-29(39)25(13-19-15-34-24-11-7-5-9-21(19)24)35-28(38)22(32)12-18-14-33-23-10-6-4-8-20(18)23/h4-11,14-15,17,22,25-27,33-34,43H,3,12-13,16,32H2,1-2H3,(H,35,38)(H,36,39)(H,37,40)(H,41,42). The number of carbonyl (C=O) groups is 4. The summed E-state index contributed by atoms with van der Waals surface area (Å²) in [5, 5.41) is 19.4. The monoisotopic (exact) mass is 606 g/mol. The van der Waals surface area contributed by atoms with Gasteiger partial charge in [-0.25, -0.2) is 4.79 Å². The highest BCUT2D eigenvalue weighted by atomic mass is 32.1. The number of aromatic nitrogens is 2. The molecule has 2 aromatic carbocycles. The van der Waals surface area contributed by atoms with Gasteiger partial charge in [0, 0.05) is 46.4 Å². The van der Waals surface area contributed by atoms with E-state index in [4.69, 9.17) is 5.73 Å². The summed E-state index contributed by atoms with van der Waals surface area (Å²) in [6, 6.07) is 11.0. The lowest BCUT2D eigenvalue weighted by atomic mass is 9.99. The number of carbonyl (C=O) groups excluding carboxylic acids is 3. The number of thiol groups is 1. The van der Waals surface area contributed by atoms with E-state index in [1.165, 1.54) is 0 Å². The van der Waals surface area contributed by atoms with Gasteiger partial charge in [-0.3, -0.25) is 14.4 Å². The first kappa shape index (κ1) is 31.6. The van der Waals surface area contributed by atoms with Crippen LogP contribution in [0, 0.1) is 5.92 Å². The average molecular weight is 607 g/mol. The van der Waals surface area contributed by atoms with Crippen LogP contribution in [-0.2, 0) is 32.0 Å². The van der Waals surface area contributed by atoms with Crippen LogP contribution in [0.1, 0.15) is 31.4 Å². The Bertz CT molecular complexity index is 1600. The van der Waals surface area contributed by atoms with Gasteiger partial charge in [0.1, 0.15) is 18.1 Å². The van der Waals surface area contributed by atoms with E-state index >= 15 is 0 Å². The van der Waals surface area contributed by atoms with E-state index in [2.05, 4.69) is 38.5 Å². The van der Waals surface area contributed by atoms with Crippen LogP contribution in [0.25, 0.3) is 21.8 Å². The number of carboxylic acid groups (broad SMARTS) is 1. The number of para-hydroxylation sites is 2. The van der Waals surface area contributed by atoms with Gasteiger partial charge in [0.25, 0.3) is 0 Å². The number of nitrogens with one attached hydrogen (secondary N) is 5. The van der Waals surface area contributed by atoms with E-state index in [1.807, 2.05) is 61.7 Å². The fourth-order valence-corrected chi connectivity index (χ4v) is 5.30. The highest BCUT2D eigenvalue weighted by Crippen LogP contribution is 2.21. The summed E-state index contributed by atoms with van der Waals surface area (Å²) in [7, 11) is 0. The molecule has 2 heterocycles. The zero-order chi connectivity index (χ0) is 31.1. The number of hydrogen-bond acceptors (Lipinski definition) is 6. The van der Waals surface area contributed by atoms with Gasteiger partial charge in [-0.15, -0.1) is 0 Å². The third kappa shape index (κ3) is 7.57. The van der Waals surface area contributed by atoms with Crippen molar-refractivity contribution in [3.8, 4) is 0 Å². The summed E-state index contributed by atoms with van der Waals surface area (Å²) in [4.78, 5) is 58.1. The lowest BCUT2D eigenvalue weighted by Crippen LogP contribution is -2.58. The normalized spacial score (nSPS) is 14.9. The Labute approximate surface area is 254 Å². The summed E-state index contributed by atoms with van der Waals surface area (Å²) < 4.78 is 0. The molecule has 0 aliphatic rings. The number of amides is 3. The van der Waals surface area contributed by atoms with Crippen molar-refractivity contribution in [3.63, 3.8) is 0 Å². The number of fused-ring (bicyclic) bond motifs is 2. The second-order valence-corrected chi connectivity index (χ2v) is 11.1. The van der Waals surface area contributed by atoms with Crippen molar-refractivity contribution in [2.24, 2.45) is 11.7 Å². The van der Waals surface area contributed by atoms with E-state index in [1.54, 1.807) is 13.1 Å². The van der Waals surface area contributed by atoms with Crippen LogP contribution >= 0.6 is 12.6 Å². The van der Waals surface area contributed by atoms with E-state index in [9.17, 15) is 24.3 Å². The van der Waals surface area contributed by atoms with Gasteiger partial charge in [0.05, 0.1) is 6.04 Å². The van der Waals surface area contributed by atoms with Crippen molar-refractivity contribution in [2.45, 2.75) is 57.3 Å². The number of nitrogens with two attached hydrogens (primary N) is 1. The number of aromatic amines is 2. The lowest BCUT2D eigenvalue weighted by Gasteiger charge is -2.26. The summed E-state index contributed by atoms with van der Waals surface area (Å²) >= 11 is 4.23. The Balaban J connectivity index is 1.52. The van der Waals surface area contributed by atoms with Crippen LogP contribution in [0.3, 0.4) is 0 Å². The fourth-order valence-electron chi connectivity index (χ4n) is 5.04. The Morgan fingerprint density at radius 3 is 1.86 bits per heavy atom. The second-order valence-electron chi connectivity index (χ2n) is 10.7. The minimum atomic E-state index is -1.17. The van der Waals surface area contributed by atoms with Crippen molar-refractivity contribution in [3.05, 3.63) is 72.1 Å². The SMILES string of the molecule is CCC(C)C(NC(=O)C(CS)NC(=O)C(Cc1c[nH]c2ccccc12)NC(=O)C(N)Cc1c[nH]c2ccccc12)C(=O)O. The van der Waals surface area contributed by atoms with E-state index in [0.29, 0.717) is 6.42 Å². The fraction of sp³-hybridized carbons (Fsp3) is 0.355. The molecule has 8 N–H and O–H groups in total. The molecule has 4 rings (SSSR count). The molecule has 0 fully saturated rings. The van der Waals surface area contributed by atoms with Gasteiger partial charge >= 0.3 is 5.97 Å². The molecule has 0 radical (unpaired) electrons. The van der Waals surface area contributed by atoms with Crippen molar-refractivity contribution in [1.29, 1.82) is 0 Å². The van der Waals surface area contributed by atoms with Crippen molar-refractivity contribution in [2.75, 3.05) is 5.75 Å². The second kappa shape index (κ2) is 14.3. The number of aliphatic carboxylic acids is 1. The van der Waals surface area contributed by atoms with Crippen LogP contribution < -0.4 is 21.7 Å². The molecule has 2 aromatic heterocycles. The number of hydrogen-bond donors (Lipinski definition) is 8. The molecule has 43 heavy (non-hydrogen) atoms. The number of H-pyrrole nitrogens is 2. The number of rotatable bonds is 14. The number of benzene rings is 2. The number of carboxylic acids is 1. The maximum absolute atomic E-state index is 13.6. The van der Waals surface area contributed by atoms with Crippen molar-refractivity contribution in [1.82, 2.24) is 25.9 Å². The van der Waals surface area contributed by atoms with Crippen molar-refractivity contribution >= 4 is 58.1 Å². The lowest BCUT2D eigenvalue weighted by molar-refractivity contribution is -0.143. The summed E-state index contributed by atoms with van der Waals surface area (Å²) in [6.45, 7) is 3.55. The predicted molar refractivity (Wildman–Crippen MR) is 169 cm³/mol. The molecule has 0 saturated carbocycles. The predicted octanol–water partition coefficient (Wildman–Crippen LogP) is 2.28. The maximum Gasteiger partial charge on any atom is 0.326 e. The van der Waals surface area contributed by atoms with Crippen molar-refractivity contribution < 1.29 is 24.3 Å². The minimum absolute atomic E-state index is 0.0851. The topological polar surface area (TPSA) is 182 Å². The highest BCUT2D eigenvalue weighted by molar-refractivity contribution is 7.80. The third-order valence-corrected chi connectivity index (χ3v) is 8.14. The van der Waals surface area contributed by atoms with E-state index < -0.39 is 47.9 Å². The van der Waals surface area contributed by atoms with Gasteiger partial charge in [-0.1, -0.05) is 56.7 Å². The molecule has 228 valence electrons.